The Balaban J connectivity index is 1.60. The number of carbonyl (C=O) groups is 1. The number of phenols is 1. The monoisotopic (exact) mass is 419 g/mol. The Kier molecular flexibility index (Phi) is 6.35. The topological polar surface area (TPSA) is 163 Å². The fourth-order valence-corrected chi connectivity index (χ4v) is 2.99. The van der Waals surface area contributed by atoms with Gasteiger partial charge in [-0.2, -0.15) is 0 Å². The van der Waals surface area contributed by atoms with Crippen LogP contribution in [0.1, 0.15) is 11.8 Å². The summed E-state index contributed by atoms with van der Waals surface area (Å²) < 4.78 is 11.5. The first kappa shape index (κ1) is 21.3. The number of rotatable bonds is 6. The molecule has 0 saturated carbocycles. The zero-order valence-corrected chi connectivity index (χ0v) is 15.9. The first-order chi connectivity index (χ1) is 14.3. The van der Waals surface area contributed by atoms with Gasteiger partial charge in [0.25, 0.3) is 5.56 Å². The number of phenolic OH excluding ortho intramolecular Hbond substituents is 1. The minimum absolute atomic E-state index is 0.0267. The predicted octanol–water partition coefficient (Wildman–Crippen LogP) is -1.30. The molecule has 0 radical (unpaired) electrons. The number of hydrogen-bond acceptors (Lipinski definition) is 8. The van der Waals surface area contributed by atoms with Gasteiger partial charge in [0.05, 0.1) is 7.11 Å². The smallest absolute Gasteiger partial charge is 0.330 e. The van der Waals surface area contributed by atoms with Crippen molar-refractivity contribution in [1.29, 1.82) is 0 Å². The van der Waals surface area contributed by atoms with Gasteiger partial charge in [0.15, 0.2) is 17.7 Å². The van der Waals surface area contributed by atoms with Crippen LogP contribution in [-0.2, 0) is 9.53 Å². The maximum atomic E-state index is 12.1. The molecule has 1 aliphatic rings. The number of nitrogens with one attached hydrogen (secondary N) is 2. The molecule has 11 heteroatoms. The number of carbonyl (C=O) groups excluding carboxylic acids is 1. The van der Waals surface area contributed by atoms with E-state index in [2.05, 4.69) is 5.32 Å². The van der Waals surface area contributed by atoms with Crippen molar-refractivity contribution >= 4 is 12.0 Å². The Hall–Kier alpha value is -3.41. The molecule has 5 N–H and O–H groups in total. The number of aromatic amines is 1. The molecule has 1 aliphatic heterocycles. The zero-order valence-electron chi connectivity index (χ0n) is 15.9. The molecule has 2 heterocycles. The van der Waals surface area contributed by atoms with Gasteiger partial charge in [-0.15, -0.1) is 0 Å². The second kappa shape index (κ2) is 8.95. The van der Waals surface area contributed by atoms with Gasteiger partial charge in [0, 0.05) is 24.9 Å². The lowest BCUT2D eigenvalue weighted by atomic mass is 10.1. The zero-order chi connectivity index (χ0) is 21.8. The van der Waals surface area contributed by atoms with Crippen molar-refractivity contribution in [2.24, 2.45) is 0 Å². The van der Waals surface area contributed by atoms with E-state index in [0.29, 0.717) is 5.56 Å². The summed E-state index contributed by atoms with van der Waals surface area (Å²) >= 11 is 0. The van der Waals surface area contributed by atoms with E-state index in [-0.39, 0.29) is 18.0 Å². The molecule has 0 aliphatic carbocycles. The van der Waals surface area contributed by atoms with Gasteiger partial charge in [0.2, 0.25) is 5.91 Å². The van der Waals surface area contributed by atoms with Crippen LogP contribution in [0.5, 0.6) is 11.5 Å². The number of nitrogens with zero attached hydrogens (tertiary/aromatic N) is 1. The molecule has 2 aromatic rings. The van der Waals surface area contributed by atoms with Crippen molar-refractivity contribution in [3.05, 3.63) is 62.9 Å². The molecule has 0 unspecified atom stereocenters. The molecular formula is C19H21N3O8. The van der Waals surface area contributed by atoms with E-state index >= 15 is 0 Å². The highest BCUT2D eigenvalue weighted by molar-refractivity contribution is 5.91. The Labute approximate surface area is 169 Å². The molecular weight excluding hydrogens is 398 g/mol. The van der Waals surface area contributed by atoms with Gasteiger partial charge < -0.3 is 30.1 Å². The largest absolute Gasteiger partial charge is 0.504 e. The Morgan fingerprint density at radius 2 is 2.07 bits per heavy atom. The first-order valence-corrected chi connectivity index (χ1v) is 8.96. The van der Waals surface area contributed by atoms with Crippen LogP contribution >= 0.6 is 0 Å². The second-order valence-corrected chi connectivity index (χ2v) is 6.57. The second-order valence-electron chi connectivity index (χ2n) is 6.57. The van der Waals surface area contributed by atoms with Crippen LogP contribution < -0.4 is 21.3 Å². The van der Waals surface area contributed by atoms with Crippen molar-refractivity contribution in [3.63, 3.8) is 0 Å². The number of aromatic hydroxyl groups is 1. The van der Waals surface area contributed by atoms with Crippen molar-refractivity contribution in [2.45, 2.75) is 24.5 Å². The summed E-state index contributed by atoms with van der Waals surface area (Å²) in [7, 11) is 1.41. The number of hydrogen-bond donors (Lipinski definition) is 5. The molecule has 0 bridgehead atoms. The van der Waals surface area contributed by atoms with Crippen LogP contribution in [0.25, 0.3) is 6.08 Å². The average Bonchev–Trinajstić information content (AvgIpc) is 3.00. The molecule has 1 aromatic carbocycles. The molecule has 0 spiro atoms. The fourth-order valence-electron chi connectivity index (χ4n) is 2.99. The minimum Gasteiger partial charge on any atom is -0.504 e. The van der Waals surface area contributed by atoms with Gasteiger partial charge >= 0.3 is 5.69 Å². The quantitative estimate of drug-likeness (QED) is 0.361. The predicted molar refractivity (Wildman–Crippen MR) is 104 cm³/mol. The van der Waals surface area contributed by atoms with E-state index in [9.17, 15) is 29.7 Å². The van der Waals surface area contributed by atoms with Crippen LogP contribution in [0.15, 0.2) is 46.1 Å². The maximum Gasteiger partial charge on any atom is 0.330 e. The molecule has 1 amide bonds. The number of aliphatic hydroxyl groups is 2. The number of H-pyrrole nitrogens is 1. The van der Waals surface area contributed by atoms with Gasteiger partial charge in [0.1, 0.15) is 18.3 Å². The Morgan fingerprint density at radius 3 is 2.77 bits per heavy atom. The van der Waals surface area contributed by atoms with E-state index in [0.717, 1.165) is 16.8 Å². The van der Waals surface area contributed by atoms with Crippen LogP contribution in [0, 0.1) is 0 Å². The lowest BCUT2D eigenvalue weighted by molar-refractivity contribution is -0.117. The molecule has 1 aromatic heterocycles. The number of amides is 1. The first-order valence-electron chi connectivity index (χ1n) is 8.96. The molecule has 3 rings (SSSR count). The van der Waals surface area contributed by atoms with Gasteiger partial charge in [-0.05, 0) is 23.8 Å². The lowest BCUT2D eigenvalue weighted by Crippen LogP contribution is -2.39. The SMILES string of the molecule is COc1cc(/C=C/C(=O)NC[C@H]2O[C@@H](n3ccc(=O)[nH]c3=O)[C@H](O)[C@@H]2O)ccc1O. The van der Waals surface area contributed by atoms with E-state index in [1.54, 1.807) is 12.1 Å². The van der Waals surface area contributed by atoms with Crippen molar-refractivity contribution in [3.8, 4) is 11.5 Å². The molecule has 11 nitrogen and oxygen atoms in total. The van der Waals surface area contributed by atoms with Crippen LogP contribution in [-0.4, -0.2) is 62.7 Å². The third-order valence-corrected chi connectivity index (χ3v) is 4.57. The van der Waals surface area contributed by atoms with Crippen molar-refractivity contribution in [2.75, 3.05) is 13.7 Å². The van der Waals surface area contributed by atoms with Crippen LogP contribution in [0.4, 0.5) is 0 Å². The summed E-state index contributed by atoms with van der Waals surface area (Å²) in [6.07, 6.45) is -1.10. The van der Waals surface area contributed by atoms with E-state index in [1.807, 2.05) is 4.98 Å². The normalized spacial score (nSPS) is 23.6. The number of ether oxygens (including phenoxy) is 2. The number of aliphatic hydroxyl groups excluding tert-OH is 2. The number of methoxy groups -OCH3 is 1. The van der Waals surface area contributed by atoms with Gasteiger partial charge in [-0.3, -0.25) is 19.1 Å². The standard InChI is InChI=1S/C19H21N3O8/c1-29-12-8-10(2-4-11(12)23)3-5-14(24)20-9-13-16(26)17(27)18(30-13)22-7-6-15(25)21-19(22)28/h2-8,13,16-18,23,26-27H,9H2,1H3,(H,20,24)(H,21,25,28)/b5-3+/t13-,16-,17-,18-/m1/s1. The lowest BCUT2D eigenvalue weighted by Gasteiger charge is -2.16. The van der Waals surface area contributed by atoms with Crippen LogP contribution in [0.3, 0.4) is 0 Å². The van der Waals surface area contributed by atoms with Gasteiger partial charge in [-0.1, -0.05) is 6.07 Å². The fraction of sp³-hybridized carbons (Fsp3) is 0.316. The highest BCUT2D eigenvalue weighted by Gasteiger charge is 2.44. The summed E-state index contributed by atoms with van der Waals surface area (Å²) in [6, 6.07) is 5.65. The van der Waals surface area contributed by atoms with E-state index in [1.165, 1.54) is 25.3 Å². The summed E-state index contributed by atoms with van der Waals surface area (Å²) in [6.45, 7) is -0.130. The maximum absolute atomic E-state index is 12.1. The molecule has 160 valence electrons. The molecule has 30 heavy (non-hydrogen) atoms. The Bertz CT molecular complexity index is 1060. The molecule has 1 fully saturated rings. The summed E-state index contributed by atoms with van der Waals surface area (Å²) in [5, 5.41) is 32.5. The number of aromatic nitrogens is 2. The highest BCUT2D eigenvalue weighted by Crippen LogP contribution is 2.28. The Morgan fingerprint density at radius 1 is 1.30 bits per heavy atom. The van der Waals surface area contributed by atoms with Crippen molar-refractivity contribution < 1.29 is 29.6 Å². The average molecular weight is 419 g/mol. The summed E-state index contributed by atoms with van der Waals surface area (Å²) in [5.74, 6) is -0.254. The third-order valence-electron chi connectivity index (χ3n) is 4.57. The summed E-state index contributed by atoms with van der Waals surface area (Å²) in [5.41, 5.74) is -0.785. The summed E-state index contributed by atoms with van der Waals surface area (Å²) in [4.78, 5) is 37.1. The number of benzene rings is 1. The molecule has 4 atom stereocenters. The highest BCUT2D eigenvalue weighted by atomic mass is 16.6. The molecule has 1 saturated heterocycles. The van der Waals surface area contributed by atoms with Crippen LogP contribution in [0.2, 0.25) is 0 Å². The van der Waals surface area contributed by atoms with E-state index in [4.69, 9.17) is 9.47 Å². The minimum atomic E-state index is -1.43. The van der Waals surface area contributed by atoms with Gasteiger partial charge in [-0.25, -0.2) is 4.79 Å². The van der Waals surface area contributed by atoms with E-state index < -0.39 is 41.7 Å². The third kappa shape index (κ3) is 4.59. The van der Waals surface area contributed by atoms with Crippen molar-refractivity contribution in [1.82, 2.24) is 14.9 Å².